The normalized spacial score (nSPS) is 16.6. The van der Waals surface area contributed by atoms with E-state index < -0.39 is 0 Å². The molecule has 3 aromatic heterocycles. The molecule has 0 spiro atoms. The zero-order valence-corrected chi connectivity index (χ0v) is 18.6. The van der Waals surface area contributed by atoms with Crippen LogP contribution in [0.3, 0.4) is 0 Å². The van der Waals surface area contributed by atoms with Crippen molar-refractivity contribution in [2.24, 2.45) is 5.92 Å². The van der Waals surface area contributed by atoms with E-state index in [2.05, 4.69) is 32.4 Å². The van der Waals surface area contributed by atoms with Crippen molar-refractivity contribution >= 4 is 43.8 Å². The first-order valence-electron chi connectivity index (χ1n) is 10.8. The first kappa shape index (κ1) is 19.5. The lowest BCUT2D eigenvalue weighted by Gasteiger charge is -2.17. The minimum Gasteiger partial charge on any atom is -0.368 e. The Balaban J connectivity index is 1.69. The number of anilines is 1. The summed E-state index contributed by atoms with van der Waals surface area (Å²) in [5.41, 5.74) is 1.82. The van der Waals surface area contributed by atoms with Gasteiger partial charge in [-0.15, -0.1) is 16.4 Å². The van der Waals surface area contributed by atoms with E-state index in [0.717, 1.165) is 65.6 Å². The zero-order valence-electron chi connectivity index (χ0n) is 17.8. The molecule has 3 heterocycles. The molecule has 0 bridgehead atoms. The number of fused-ring (bicyclic) bond motifs is 6. The molecule has 0 radical (unpaired) electrons. The second kappa shape index (κ2) is 7.63. The first-order chi connectivity index (χ1) is 14.5. The number of nitrogens with zero attached hydrogens (tertiary/aromatic N) is 3. The molecule has 0 fully saturated rings. The molecule has 0 aliphatic heterocycles. The first-order valence-corrected chi connectivity index (χ1v) is 11.6. The average Bonchev–Trinajstić information content (AvgIpc) is 3.09. The molecule has 1 aliphatic carbocycles. The van der Waals surface area contributed by atoms with Gasteiger partial charge < -0.3 is 10.2 Å². The van der Waals surface area contributed by atoms with Crippen molar-refractivity contribution in [1.29, 1.82) is 0 Å². The Bertz CT molecular complexity index is 1310. The Morgan fingerprint density at radius 1 is 1.27 bits per heavy atom. The van der Waals surface area contributed by atoms with Crippen LogP contribution >= 0.6 is 11.3 Å². The molecular weight excluding hydrogens is 394 g/mol. The van der Waals surface area contributed by atoms with E-state index in [-0.39, 0.29) is 5.56 Å². The quantitative estimate of drug-likeness (QED) is 0.383. The Labute approximate surface area is 179 Å². The molecule has 6 nitrogen and oxygen atoms in total. The molecule has 5 rings (SSSR count). The predicted molar refractivity (Wildman–Crippen MR) is 124 cm³/mol. The van der Waals surface area contributed by atoms with Crippen molar-refractivity contribution in [1.82, 2.24) is 14.6 Å². The van der Waals surface area contributed by atoms with Crippen LogP contribution in [0.4, 0.5) is 5.82 Å². The van der Waals surface area contributed by atoms with Gasteiger partial charge in [-0.3, -0.25) is 4.79 Å². The summed E-state index contributed by atoms with van der Waals surface area (Å²) < 4.78 is 1.52. The van der Waals surface area contributed by atoms with E-state index in [1.165, 1.54) is 19.9 Å². The monoisotopic (exact) mass is 422 g/mol. The fraction of sp³-hybridized carbons (Fsp3) is 0.435. The van der Waals surface area contributed by atoms with Crippen molar-refractivity contribution in [3.63, 3.8) is 0 Å². The van der Waals surface area contributed by atoms with Crippen LogP contribution in [0.5, 0.6) is 0 Å². The van der Waals surface area contributed by atoms with Gasteiger partial charge in [0, 0.05) is 28.6 Å². The number of quaternary nitrogens is 1. The third-order valence-corrected chi connectivity index (χ3v) is 7.22. The Hall–Kier alpha value is -2.51. The molecule has 2 N–H and O–H groups in total. The molecule has 156 valence electrons. The van der Waals surface area contributed by atoms with Crippen molar-refractivity contribution < 1.29 is 4.90 Å². The summed E-state index contributed by atoms with van der Waals surface area (Å²) in [4.78, 5) is 22.1. The molecule has 0 amide bonds. The molecule has 30 heavy (non-hydrogen) atoms. The molecule has 4 aromatic rings. The average molecular weight is 423 g/mol. The van der Waals surface area contributed by atoms with Crippen molar-refractivity contribution in [3.05, 3.63) is 45.1 Å². The van der Waals surface area contributed by atoms with Gasteiger partial charge >= 0.3 is 0 Å². The fourth-order valence-corrected chi connectivity index (χ4v) is 5.84. The Morgan fingerprint density at radius 2 is 2.07 bits per heavy atom. The molecule has 1 aromatic carbocycles. The summed E-state index contributed by atoms with van der Waals surface area (Å²) in [6.07, 6.45) is 4.18. The van der Waals surface area contributed by atoms with E-state index in [1.807, 2.05) is 18.2 Å². The lowest BCUT2D eigenvalue weighted by Crippen LogP contribution is -3.05. The van der Waals surface area contributed by atoms with Crippen LogP contribution in [0, 0.1) is 5.92 Å². The molecule has 1 aliphatic rings. The maximum Gasteiger partial charge on any atom is 0.283 e. The molecule has 0 unspecified atom stereocenters. The van der Waals surface area contributed by atoms with Crippen molar-refractivity contribution in [2.75, 3.05) is 32.5 Å². The summed E-state index contributed by atoms with van der Waals surface area (Å²) >= 11 is 1.69. The summed E-state index contributed by atoms with van der Waals surface area (Å²) in [5, 5.41) is 11.0. The van der Waals surface area contributed by atoms with Crippen molar-refractivity contribution in [2.45, 2.75) is 32.6 Å². The largest absolute Gasteiger partial charge is 0.368 e. The van der Waals surface area contributed by atoms with Gasteiger partial charge in [-0.1, -0.05) is 31.2 Å². The lowest BCUT2D eigenvalue weighted by molar-refractivity contribution is -0.858. The van der Waals surface area contributed by atoms with Gasteiger partial charge in [0.25, 0.3) is 5.56 Å². The topological polar surface area (TPSA) is 63.7 Å². The predicted octanol–water partition coefficient (Wildman–Crippen LogP) is 2.53. The zero-order chi connectivity index (χ0) is 20.8. The molecular formula is C23H28N5OS+. The number of hydrogen-bond donors (Lipinski definition) is 2. The van der Waals surface area contributed by atoms with Crippen LogP contribution in [0.1, 0.15) is 30.2 Å². The maximum absolute atomic E-state index is 13.6. The van der Waals surface area contributed by atoms with Gasteiger partial charge in [-0.25, -0.2) is 4.98 Å². The smallest absolute Gasteiger partial charge is 0.283 e. The summed E-state index contributed by atoms with van der Waals surface area (Å²) in [6, 6.07) is 8.10. The van der Waals surface area contributed by atoms with Crippen LogP contribution in [-0.4, -0.2) is 41.8 Å². The SMILES string of the molecule is C[C@@H]1CCc2c(sc3nc4c5ccccc5c(NCCC[NH+](C)C)nn4c(=O)c23)C1. The highest BCUT2D eigenvalue weighted by Crippen LogP contribution is 2.36. The molecule has 7 heteroatoms. The lowest BCUT2D eigenvalue weighted by atomic mass is 9.89. The highest BCUT2D eigenvalue weighted by atomic mass is 32.1. The van der Waals surface area contributed by atoms with Gasteiger partial charge in [0.2, 0.25) is 0 Å². The van der Waals surface area contributed by atoms with Crippen molar-refractivity contribution in [3.8, 4) is 0 Å². The summed E-state index contributed by atoms with van der Waals surface area (Å²) in [6.45, 7) is 4.19. The summed E-state index contributed by atoms with van der Waals surface area (Å²) in [5.74, 6) is 1.43. The van der Waals surface area contributed by atoms with Gasteiger partial charge in [0.15, 0.2) is 11.5 Å². The number of hydrogen-bond acceptors (Lipinski definition) is 5. The third-order valence-electron chi connectivity index (χ3n) is 6.08. The number of aryl methyl sites for hydroxylation is 1. The standard InChI is InChI=1S/C23H27N5OS/c1-14-9-10-17-18(13-14)30-22-19(17)23(29)28-21(25-22)16-8-5-4-7-15(16)20(26-28)24-11-6-12-27(2)3/h4-5,7-8,14H,6,9-13H2,1-3H3,(H,24,26)/p+1/t14-/m1/s1. The fourth-order valence-electron chi connectivity index (χ4n) is 4.47. The number of rotatable bonds is 5. The minimum absolute atomic E-state index is 0.0337. The van der Waals surface area contributed by atoms with Gasteiger partial charge in [0.05, 0.1) is 26.0 Å². The highest BCUT2D eigenvalue weighted by molar-refractivity contribution is 7.18. The van der Waals surface area contributed by atoms with Crippen LogP contribution < -0.4 is 15.8 Å². The third kappa shape index (κ3) is 3.26. The molecule has 1 atom stereocenters. The van der Waals surface area contributed by atoms with Crippen LogP contribution in [-0.2, 0) is 12.8 Å². The van der Waals surface area contributed by atoms with E-state index >= 15 is 0 Å². The maximum atomic E-state index is 13.6. The second-order valence-electron chi connectivity index (χ2n) is 8.82. The van der Waals surface area contributed by atoms with E-state index in [1.54, 1.807) is 11.3 Å². The number of thiophene rings is 1. The number of nitrogens with one attached hydrogen (secondary N) is 2. The van der Waals surface area contributed by atoms with Gasteiger partial charge in [-0.05, 0) is 30.7 Å². The number of aromatic nitrogens is 3. The highest BCUT2D eigenvalue weighted by Gasteiger charge is 2.24. The van der Waals surface area contributed by atoms with E-state index in [0.29, 0.717) is 11.6 Å². The Morgan fingerprint density at radius 3 is 2.87 bits per heavy atom. The minimum atomic E-state index is -0.0337. The summed E-state index contributed by atoms with van der Waals surface area (Å²) in [7, 11) is 4.31. The molecule has 0 saturated heterocycles. The van der Waals surface area contributed by atoms with Crippen LogP contribution in [0.2, 0.25) is 0 Å². The number of benzene rings is 1. The van der Waals surface area contributed by atoms with Gasteiger partial charge in [0.1, 0.15) is 4.83 Å². The van der Waals surface area contributed by atoms with Gasteiger partial charge in [-0.2, -0.15) is 4.52 Å². The van der Waals surface area contributed by atoms with E-state index in [9.17, 15) is 4.79 Å². The second-order valence-corrected chi connectivity index (χ2v) is 9.90. The Kier molecular flexibility index (Phi) is 4.95. The molecule has 0 saturated carbocycles. The van der Waals surface area contributed by atoms with Crippen LogP contribution in [0.15, 0.2) is 29.1 Å². The van der Waals surface area contributed by atoms with E-state index in [4.69, 9.17) is 10.1 Å². The van der Waals surface area contributed by atoms with Crippen LogP contribution in [0.25, 0.3) is 26.6 Å².